The standard InChI is InChI=1S/C11H5BrClNO/c12-9-4-7(6-14)8(5-10(9)13)11-2-1-3-15-11/h1-5H. The van der Waals surface area contributed by atoms with Gasteiger partial charge in [-0.25, -0.2) is 0 Å². The Morgan fingerprint density at radius 3 is 2.80 bits per heavy atom. The van der Waals surface area contributed by atoms with Gasteiger partial charge in [0, 0.05) is 10.0 Å². The second-order valence-corrected chi connectivity index (χ2v) is 4.16. The fraction of sp³-hybridized carbons (Fsp3) is 0. The van der Waals surface area contributed by atoms with E-state index in [1.54, 1.807) is 30.5 Å². The number of hydrogen-bond acceptors (Lipinski definition) is 2. The Hall–Kier alpha value is -1.24. The number of hydrogen-bond donors (Lipinski definition) is 0. The van der Waals surface area contributed by atoms with E-state index in [4.69, 9.17) is 21.3 Å². The molecule has 0 amide bonds. The van der Waals surface area contributed by atoms with E-state index in [2.05, 4.69) is 22.0 Å². The van der Waals surface area contributed by atoms with Crippen LogP contribution in [0.1, 0.15) is 5.56 Å². The molecule has 15 heavy (non-hydrogen) atoms. The zero-order valence-electron chi connectivity index (χ0n) is 7.50. The highest BCUT2D eigenvalue weighted by Gasteiger charge is 2.10. The van der Waals surface area contributed by atoms with Crippen LogP contribution in [-0.2, 0) is 0 Å². The van der Waals surface area contributed by atoms with Gasteiger partial charge < -0.3 is 4.42 Å². The predicted octanol–water partition coefficient (Wildman–Crippen LogP) is 4.23. The minimum atomic E-state index is 0.529. The van der Waals surface area contributed by atoms with Crippen molar-refractivity contribution in [3.05, 3.63) is 45.6 Å². The van der Waals surface area contributed by atoms with Gasteiger partial charge in [0.15, 0.2) is 0 Å². The van der Waals surface area contributed by atoms with Crippen LogP contribution in [0.4, 0.5) is 0 Å². The molecular formula is C11H5BrClNO. The van der Waals surface area contributed by atoms with Crippen molar-refractivity contribution in [1.29, 1.82) is 5.26 Å². The molecule has 0 atom stereocenters. The van der Waals surface area contributed by atoms with Gasteiger partial charge in [-0.3, -0.25) is 0 Å². The minimum Gasteiger partial charge on any atom is -0.464 e. The van der Waals surface area contributed by atoms with Crippen molar-refractivity contribution >= 4 is 27.5 Å². The summed E-state index contributed by atoms with van der Waals surface area (Å²) in [7, 11) is 0. The smallest absolute Gasteiger partial charge is 0.135 e. The van der Waals surface area contributed by atoms with Gasteiger partial charge in [-0.2, -0.15) is 5.26 Å². The van der Waals surface area contributed by atoms with Crippen molar-refractivity contribution in [3.63, 3.8) is 0 Å². The molecule has 0 bridgehead atoms. The van der Waals surface area contributed by atoms with Crippen LogP contribution < -0.4 is 0 Å². The van der Waals surface area contributed by atoms with Crippen molar-refractivity contribution in [2.75, 3.05) is 0 Å². The monoisotopic (exact) mass is 281 g/mol. The van der Waals surface area contributed by atoms with Crippen LogP contribution in [0, 0.1) is 11.3 Å². The van der Waals surface area contributed by atoms with Crippen LogP contribution in [-0.4, -0.2) is 0 Å². The molecule has 0 saturated heterocycles. The molecule has 1 aromatic heterocycles. The second kappa shape index (κ2) is 4.09. The van der Waals surface area contributed by atoms with Crippen molar-refractivity contribution in [1.82, 2.24) is 0 Å². The number of halogens is 2. The summed E-state index contributed by atoms with van der Waals surface area (Å²) in [4.78, 5) is 0. The van der Waals surface area contributed by atoms with Crippen LogP contribution in [0.5, 0.6) is 0 Å². The maximum atomic E-state index is 8.98. The molecule has 0 fully saturated rings. The van der Waals surface area contributed by atoms with Crippen molar-refractivity contribution < 1.29 is 4.42 Å². The first-order chi connectivity index (χ1) is 7.22. The lowest BCUT2D eigenvalue weighted by atomic mass is 10.1. The van der Waals surface area contributed by atoms with E-state index >= 15 is 0 Å². The number of nitriles is 1. The number of nitrogens with zero attached hydrogens (tertiary/aromatic N) is 1. The molecule has 0 N–H and O–H groups in total. The van der Waals surface area contributed by atoms with Crippen LogP contribution in [0.25, 0.3) is 11.3 Å². The van der Waals surface area contributed by atoms with Crippen molar-refractivity contribution in [3.8, 4) is 17.4 Å². The molecule has 4 heteroatoms. The van der Waals surface area contributed by atoms with E-state index < -0.39 is 0 Å². The Morgan fingerprint density at radius 1 is 1.40 bits per heavy atom. The zero-order chi connectivity index (χ0) is 10.8. The lowest BCUT2D eigenvalue weighted by Gasteiger charge is -2.03. The largest absolute Gasteiger partial charge is 0.464 e. The SMILES string of the molecule is N#Cc1cc(Br)c(Cl)cc1-c1ccco1. The summed E-state index contributed by atoms with van der Waals surface area (Å²) >= 11 is 9.23. The average molecular weight is 283 g/mol. The van der Waals surface area contributed by atoms with E-state index in [1.807, 2.05) is 0 Å². The van der Waals surface area contributed by atoms with Gasteiger partial charge in [0.25, 0.3) is 0 Å². The average Bonchev–Trinajstić information content (AvgIpc) is 2.74. The van der Waals surface area contributed by atoms with E-state index in [0.29, 0.717) is 26.4 Å². The maximum Gasteiger partial charge on any atom is 0.135 e. The van der Waals surface area contributed by atoms with Gasteiger partial charge in [0.1, 0.15) is 5.76 Å². The number of furan rings is 1. The van der Waals surface area contributed by atoms with Crippen molar-refractivity contribution in [2.24, 2.45) is 0 Å². The normalized spacial score (nSPS) is 9.93. The zero-order valence-corrected chi connectivity index (χ0v) is 9.84. The lowest BCUT2D eigenvalue weighted by molar-refractivity contribution is 0.582. The first-order valence-electron chi connectivity index (χ1n) is 4.15. The first kappa shape index (κ1) is 10.3. The summed E-state index contributed by atoms with van der Waals surface area (Å²) in [5, 5.41) is 9.53. The van der Waals surface area contributed by atoms with Gasteiger partial charge >= 0.3 is 0 Å². The molecule has 2 nitrogen and oxygen atoms in total. The van der Waals surface area contributed by atoms with Crippen LogP contribution in [0.2, 0.25) is 5.02 Å². The molecule has 0 saturated carbocycles. The summed E-state index contributed by atoms with van der Waals surface area (Å²) in [6.07, 6.45) is 1.56. The molecule has 0 radical (unpaired) electrons. The molecule has 0 spiro atoms. The topological polar surface area (TPSA) is 36.9 Å². The van der Waals surface area contributed by atoms with Crippen molar-refractivity contribution in [2.45, 2.75) is 0 Å². The van der Waals surface area contributed by atoms with E-state index in [-0.39, 0.29) is 0 Å². The molecule has 0 aliphatic heterocycles. The predicted molar refractivity (Wildman–Crippen MR) is 61.6 cm³/mol. The Morgan fingerprint density at radius 2 is 2.20 bits per heavy atom. The Kier molecular flexibility index (Phi) is 2.81. The maximum absolute atomic E-state index is 8.98. The first-order valence-corrected chi connectivity index (χ1v) is 5.32. The van der Waals surface area contributed by atoms with Crippen LogP contribution >= 0.6 is 27.5 Å². The Bertz CT molecular complexity index is 528. The molecular weight excluding hydrogens is 277 g/mol. The molecule has 1 heterocycles. The highest BCUT2D eigenvalue weighted by atomic mass is 79.9. The second-order valence-electron chi connectivity index (χ2n) is 2.90. The number of benzene rings is 1. The minimum absolute atomic E-state index is 0.529. The number of rotatable bonds is 1. The third-order valence-corrected chi connectivity index (χ3v) is 3.16. The van der Waals surface area contributed by atoms with E-state index in [1.165, 1.54) is 0 Å². The van der Waals surface area contributed by atoms with E-state index in [0.717, 1.165) is 0 Å². The summed E-state index contributed by atoms with van der Waals surface area (Å²) in [5.41, 5.74) is 1.23. The summed E-state index contributed by atoms with van der Waals surface area (Å²) < 4.78 is 5.94. The fourth-order valence-corrected chi connectivity index (χ4v) is 1.78. The van der Waals surface area contributed by atoms with Crippen LogP contribution in [0.15, 0.2) is 39.4 Å². The molecule has 1 aromatic carbocycles. The Balaban J connectivity index is 2.67. The highest BCUT2D eigenvalue weighted by Crippen LogP contribution is 2.32. The molecule has 74 valence electrons. The van der Waals surface area contributed by atoms with Gasteiger partial charge in [0.05, 0.1) is 22.9 Å². The lowest BCUT2D eigenvalue weighted by Crippen LogP contribution is -1.83. The van der Waals surface area contributed by atoms with Gasteiger partial charge in [-0.15, -0.1) is 0 Å². The molecule has 2 rings (SSSR count). The third-order valence-electron chi connectivity index (χ3n) is 1.97. The highest BCUT2D eigenvalue weighted by molar-refractivity contribution is 9.10. The van der Waals surface area contributed by atoms with Gasteiger partial charge in [-0.1, -0.05) is 11.6 Å². The molecule has 0 aliphatic rings. The summed E-state index contributed by atoms with van der Waals surface area (Å²) in [5.74, 6) is 0.640. The molecule has 2 aromatic rings. The molecule has 0 unspecified atom stereocenters. The quantitative estimate of drug-likeness (QED) is 0.784. The summed E-state index contributed by atoms with van der Waals surface area (Å²) in [6, 6.07) is 9.06. The third kappa shape index (κ3) is 1.92. The van der Waals surface area contributed by atoms with Crippen LogP contribution in [0.3, 0.4) is 0 Å². The van der Waals surface area contributed by atoms with E-state index in [9.17, 15) is 0 Å². The Labute approximate surface area is 100 Å². The molecule has 0 aliphatic carbocycles. The summed E-state index contributed by atoms with van der Waals surface area (Å²) in [6.45, 7) is 0. The van der Waals surface area contributed by atoms with Gasteiger partial charge in [0.2, 0.25) is 0 Å². The van der Waals surface area contributed by atoms with Gasteiger partial charge in [-0.05, 0) is 40.2 Å². The fourth-order valence-electron chi connectivity index (χ4n) is 1.28.